The summed E-state index contributed by atoms with van der Waals surface area (Å²) in [5, 5.41) is 4.00. The molecule has 0 saturated heterocycles. The van der Waals surface area contributed by atoms with Crippen molar-refractivity contribution in [1.29, 1.82) is 0 Å². The van der Waals surface area contributed by atoms with Crippen molar-refractivity contribution in [2.24, 2.45) is 24.3 Å². The van der Waals surface area contributed by atoms with Crippen LogP contribution in [0.4, 0.5) is 0 Å². The van der Waals surface area contributed by atoms with Gasteiger partial charge in [-0.15, -0.1) is 0 Å². The van der Waals surface area contributed by atoms with E-state index in [9.17, 15) is 9.59 Å². The Morgan fingerprint density at radius 1 is 1.33 bits per heavy atom. The van der Waals surface area contributed by atoms with Gasteiger partial charge in [0, 0.05) is 25.1 Å². The second-order valence-corrected chi connectivity index (χ2v) is 8.59. The Morgan fingerprint density at radius 2 is 2.19 bits per heavy atom. The average molecular weight is 367 g/mol. The van der Waals surface area contributed by atoms with Gasteiger partial charge in [-0.3, -0.25) is 13.9 Å². The van der Waals surface area contributed by atoms with Gasteiger partial charge in [-0.1, -0.05) is 12.1 Å². The third-order valence-corrected chi connectivity index (χ3v) is 7.48. The molecule has 27 heavy (non-hydrogen) atoms. The first-order valence-electron chi connectivity index (χ1n) is 9.59. The first kappa shape index (κ1) is 15.4. The number of hydrogen-bond donors (Lipinski definition) is 0. The lowest BCUT2D eigenvalue weighted by Gasteiger charge is -2.42. The molecule has 1 aliphatic heterocycles. The first-order valence-corrected chi connectivity index (χ1v) is 9.59. The molecule has 2 fully saturated rings. The zero-order chi connectivity index (χ0) is 18.5. The van der Waals surface area contributed by atoms with Gasteiger partial charge >= 0.3 is 5.69 Å². The Morgan fingerprint density at radius 3 is 2.96 bits per heavy atom. The third-order valence-electron chi connectivity index (χ3n) is 7.48. The van der Waals surface area contributed by atoms with Crippen LogP contribution in [0.5, 0.6) is 0 Å². The molecule has 0 aromatic carbocycles. The van der Waals surface area contributed by atoms with Gasteiger partial charge < -0.3 is 9.09 Å². The van der Waals surface area contributed by atoms with Crippen LogP contribution >= 0.6 is 0 Å². The summed E-state index contributed by atoms with van der Waals surface area (Å²) in [6.07, 6.45) is 7.00. The van der Waals surface area contributed by atoms with Gasteiger partial charge in [0.25, 0.3) is 5.56 Å². The van der Waals surface area contributed by atoms with E-state index < -0.39 is 0 Å². The maximum Gasteiger partial charge on any atom is 0.332 e. The Hall–Kier alpha value is -2.64. The molecule has 140 valence electrons. The molecule has 4 atom stereocenters. The highest BCUT2D eigenvalue weighted by Gasteiger charge is 2.65. The number of nitrogens with zero attached hydrogens (tertiary/aromatic N) is 5. The van der Waals surface area contributed by atoms with Crippen molar-refractivity contribution in [3.63, 3.8) is 0 Å². The van der Waals surface area contributed by atoms with E-state index in [1.807, 2.05) is 4.57 Å². The van der Waals surface area contributed by atoms with Crippen molar-refractivity contribution in [3.05, 3.63) is 44.7 Å². The van der Waals surface area contributed by atoms with Gasteiger partial charge in [0.05, 0.1) is 19.1 Å². The Kier molecular flexibility index (Phi) is 2.74. The smallest absolute Gasteiger partial charge is 0.332 e. The maximum atomic E-state index is 13.2. The van der Waals surface area contributed by atoms with Gasteiger partial charge in [-0.25, -0.2) is 9.78 Å². The highest BCUT2D eigenvalue weighted by atomic mass is 16.5. The molecule has 1 spiro atoms. The van der Waals surface area contributed by atoms with E-state index in [1.54, 1.807) is 19.6 Å². The second kappa shape index (κ2) is 4.79. The molecule has 3 aromatic rings. The quantitative estimate of drug-likeness (QED) is 0.600. The van der Waals surface area contributed by atoms with Crippen molar-refractivity contribution >= 4 is 11.2 Å². The van der Waals surface area contributed by atoms with Gasteiger partial charge in [0.2, 0.25) is 0 Å². The minimum atomic E-state index is -0.362. The fourth-order valence-corrected chi connectivity index (χ4v) is 5.79. The zero-order valence-electron chi connectivity index (χ0n) is 15.4. The molecule has 8 nitrogen and oxygen atoms in total. The largest absolute Gasteiger partial charge is 0.361 e. The maximum absolute atomic E-state index is 13.2. The summed E-state index contributed by atoms with van der Waals surface area (Å²) in [5.74, 6) is 2.19. The van der Waals surface area contributed by atoms with Crippen LogP contribution in [-0.2, 0) is 20.1 Å². The van der Waals surface area contributed by atoms with Crippen molar-refractivity contribution in [2.45, 2.75) is 45.2 Å². The van der Waals surface area contributed by atoms with Crippen LogP contribution in [0.25, 0.3) is 11.2 Å². The third kappa shape index (κ3) is 1.78. The molecule has 6 rings (SSSR count). The number of aromatic nitrogens is 5. The molecule has 0 amide bonds. The Bertz CT molecular complexity index is 1210. The van der Waals surface area contributed by atoms with Crippen LogP contribution in [0, 0.1) is 17.3 Å². The van der Waals surface area contributed by atoms with Crippen LogP contribution < -0.4 is 11.2 Å². The van der Waals surface area contributed by atoms with Gasteiger partial charge in [-0.05, 0) is 36.5 Å². The van der Waals surface area contributed by atoms with Crippen LogP contribution in [-0.4, -0.2) is 23.8 Å². The van der Waals surface area contributed by atoms with Crippen LogP contribution in [0.1, 0.15) is 43.4 Å². The number of fused-ring (bicyclic) bond motifs is 2. The molecule has 2 saturated carbocycles. The summed E-state index contributed by atoms with van der Waals surface area (Å²) in [6.45, 7) is 3.17. The summed E-state index contributed by atoms with van der Waals surface area (Å²) < 4.78 is 10.3. The topological polar surface area (TPSA) is 87.8 Å². The van der Waals surface area contributed by atoms with E-state index in [2.05, 4.69) is 17.1 Å². The van der Waals surface area contributed by atoms with E-state index in [0.717, 1.165) is 17.9 Å². The monoisotopic (exact) mass is 367 g/mol. The minimum absolute atomic E-state index is 0.180. The summed E-state index contributed by atoms with van der Waals surface area (Å²) in [6, 6.07) is 0. The number of rotatable bonds is 0. The van der Waals surface area contributed by atoms with Gasteiger partial charge in [0.1, 0.15) is 5.76 Å². The number of imidazole rings is 1. The van der Waals surface area contributed by atoms with E-state index in [1.165, 1.54) is 28.4 Å². The highest BCUT2D eigenvalue weighted by molar-refractivity contribution is 5.70. The molecule has 0 radical (unpaired) electrons. The lowest BCUT2D eigenvalue weighted by Crippen LogP contribution is -2.41. The average Bonchev–Trinajstić information content (AvgIpc) is 2.98. The van der Waals surface area contributed by atoms with E-state index in [0.29, 0.717) is 28.4 Å². The highest BCUT2D eigenvalue weighted by Crippen LogP contribution is 2.72. The number of aryl methyl sites for hydroxylation is 1. The van der Waals surface area contributed by atoms with E-state index in [4.69, 9.17) is 4.52 Å². The zero-order valence-corrected chi connectivity index (χ0v) is 15.4. The molecule has 4 unspecified atom stereocenters. The first-order chi connectivity index (χ1) is 13.0. The predicted molar refractivity (Wildman–Crippen MR) is 96.5 cm³/mol. The molecule has 2 bridgehead atoms. The van der Waals surface area contributed by atoms with Crippen LogP contribution in [0.2, 0.25) is 0 Å². The Balaban J connectivity index is 1.64. The van der Waals surface area contributed by atoms with E-state index in [-0.39, 0.29) is 23.7 Å². The number of hydrogen-bond acceptors (Lipinski definition) is 5. The van der Waals surface area contributed by atoms with Crippen molar-refractivity contribution < 1.29 is 4.52 Å². The minimum Gasteiger partial charge on any atom is -0.361 e. The molecule has 3 aliphatic rings. The van der Waals surface area contributed by atoms with Gasteiger partial charge in [0.15, 0.2) is 11.2 Å². The lowest BCUT2D eigenvalue weighted by atomic mass is 9.62. The fourth-order valence-electron chi connectivity index (χ4n) is 5.79. The van der Waals surface area contributed by atoms with Gasteiger partial charge in [-0.2, -0.15) is 0 Å². The predicted octanol–water partition coefficient (Wildman–Crippen LogP) is 1.47. The lowest BCUT2D eigenvalue weighted by molar-refractivity contribution is 0.0887. The summed E-state index contributed by atoms with van der Waals surface area (Å²) in [5.41, 5.74) is 1.51. The fraction of sp³-hybridized carbons (Fsp3) is 0.579. The summed E-state index contributed by atoms with van der Waals surface area (Å²) in [7, 11) is 1.67. The van der Waals surface area contributed by atoms with Crippen LogP contribution in [0.15, 0.2) is 26.6 Å². The molecule has 8 heteroatoms. The molecular weight excluding hydrogens is 346 g/mol. The van der Waals surface area contributed by atoms with Crippen molar-refractivity contribution in [3.8, 4) is 0 Å². The standard InChI is InChI=1S/C19H21N5O3/c1-10-13-3-4-19(13)5-12(19)8-23-9-20-16-14(23)17(25)24(18(26)22(16)2)7-11-6-21-27-15(10)11/h6,9-10,12-13H,3-5,7-8H2,1-2H3. The molecule has 3 aromatic heterocycles. The SMILES string of the molecule is CC1c2oncc2Cn2c(=O)c3c(ncn3CC3CC34CCC14)n(C)c2=O. The summed E-state index contributed by atoms with van der Waals surface area (Å²) in [4.78, 5) is 30.4. The molecule has 4 heterocycles. The Labute approximate surface area is 154 Å². The van der Waals surface area contributed by atoms with Crippen molar-refractivity contribution in [2.75, 3.05) is 0 Å². The summed E-state index contributed by atoms with van der Waals surface area (Å²) >= 11 is 0. The van der Waals surface area contributed by atoms with Crippen molar-refractivity contribution in [1.82, 2.24) is 23.8 Å². The second-order valence-electron chi connectivity index (χ2n) is 8.59. The van der Waals surface area contributed by atoms with Crippen LogP contribution in [0.3, 0.4) is 0 Å². The molecular formula is C19H21N5O3. The van der Waals surface area contributed by atoms with E-state index >= 15 is 0 Å². The molecule has 0 N–H and O–H groups in total. The molecule has 2 aliphatic carbocycles. The normalized spacial score (nSPS) is 31.4.